The van der Waals surface area contributed by atoms with Gasteiger partial charge in [-0.05, 0) is 18.8 Å². The molecule has 1 aliphatic carbocycles. The predicted molar refractivity (Wildman–Crippen MR) is 79.7 cm³/mol. The molecule has 1 fully saturated rings. The molecule has 0 bridgehead atoms. The lowest BCUT2D eigenvalue weighted by Crippen LogP contribution is -2.45. The molecule has 1 unspecified atom stereocenters. The van der Waals surface area contributed by atoms with Crippen molar-refractivity contribution < 1.29 is 14.3 Å². The summed E-state index contributed by atoms with van der Waals surface area (Å²) in [6.45, 7) is 1.03. The highest BCUT2D eigenvalue weighted by molar-refractivity contribution is 5.85. The Bertz CT molecular complexity index is 297. The number of nitrogens with two attached hydrogens (primary N) is 1. The fourth-order valence-electron chi connectivity index (χ4n) is 2.32. The van der Waals surface area contributed by atoms with Crippen LogP contribution in [-0.2, 0) is 14.3 Å². The molecule has 4 N–H and O–H groups in total. The van der Waals surface area contributed by atoms with Crippen LogP contribution in [0.1, 0.15) is 32.1 Å². The number of ether oxygens (including phenoxy) is 1. The minimum atomic E-state index is -0.654. The van der Waals surface area contributed by atoms with Crippen LogP contribution in [0.25, 0.3) is 0 Å². The van der Waals surface area contributed by atoms with E-state index in [0.717, 1.165) is 12.8 Å². The van der Waals surface area contributed by atoms with E-state index >= 15 is 0 Å². The van der Waals surface area contributed by atoms with Crippen LogP contribution in [0, 0.1) is 5.92 Å². The van der Waals surface area contributed by atoms with Crippen LogP contribution in [-0.4, -0.2) is 44.7 Å². The van der Waals surface area contributed by atoms with Gasteiger partial charge in [0.05, 0.1) is 6.61 Å². The van der Waals surface area contributed by atoms with Crippen molar-refractivity contribution in [2.75, 3.05) is 26.8 Å². The quantitative estimate of drug-likeness (QED) is 0.558. The zero-order valence-electron chi connectivity index (χ0n) is 12.0. The molecule has 0 spiro atoms. The van der Waals surface area contributed by atoms with E-state index < -0.39 is 6.04 Å². The number of halogens is 1. The molecule has 118 valence electrons. The molecule has 6 nitrogen and oxygen atoms in total. The Morgan fingerprint density at radius 3 is 2.45 bits per heavy atom. The summed E-state index contributed by atoms with van der Waals surface area (Å²) in [5.74, 6) is 0.360. The van der Waals surface area contributed by atoms with Crippen LogP contribution in [0.3, 0.4) is 0 Å². The van der Waals surface area contributed by atoms with Crippen LogP contribution in [0.2, 0.25) is 0 Å². The molecule has 0 saturated heterocycles. The van der Waals surface area contributed by atoms with E-state index in [9.17, 15) is 9.59 Å². The second-order valence-corrected chi connectivity index (χ2v) is 5.06. The number of nitrogens with one attached hydrogen (secondary N) is 2. The topological polar surface area (TPSA) is 93.4 Å². The van der Waals surface area contributed by atoms with Gasteiger partial charge in [0.1, 0.15) is 6.04 Å². The summed E-state index contributed by atoms with van der Waals surface area (Å²) < 4.78 is 4.79. The van der Waals surface area contributed by atoms with Crippen molar-refractivity contribution in [1.29, 1.82) is 0 Å². The molecule has 0 aromatic heterocycles. The fraction of sp³-hybridized carbons (Fsp3) is 0.846. The Kier molecular flexibility index (Phi) is 10.4. The average molecular weight is 308 g/mol. The molecule has 1 saturated carbocycles. The van der Waals surface area contributed by atoms with Crippen molar-refractivity contribution >= 4 is 24.2 Å². The summed E-state index contributed by atoms with van der Waals surface area (Å²) in [4.78, 5) is 23.0. The van der Waals surface area contributed by atoms with Gasteiger partial charge in [-0.25, -0.2) is 0 Å². The first-order valence-corrected chi connectivity index (χ1v) is 6.92. The van der Waals surface area contributed by atoms with E-state index in [-0.39, 0.29) is 30.8 Å². The summed E-state index contributed by atoms with van der Waals surface area (Å²) in [5, 5.41) is 5.47. The molecule has 20 heavy (non-hydrogen) atoms. The second-order valence-electron chi connectivity index (χ2n) is 5.06. The number of carbonyl (C=O) groups is 2. The molecule has 1 atom stereocenters. The smallest absolute Gasteiger partial charge is 0.239 e. The molecule has 0 aromatic rings. The highest BCUT2D eigenvalue weighted by atomic mass is 35.5. The lowest BCUT2D eigenvalue weighted by atomic mass is 10.0. The molecule has 7 heteroatoms. The Balaban J connectivity index is 0.00000361. The van der Waals surface area contributed by atoms with Crippen molar-refractivity contribution in [3.8, 4) is 0 Å². The number of hydrogen-bond donors (Lipinski definition) is 3. The second kappa shape index (κ2) is 10.9. The monoisotopic (exact) mass is 307 g/mol. The molecule has 0 heterocycles. The molecule has 0 radical (unpaired) electrons. The normalized spacial score (nSPS) is 16.3. The largest absolute Gasteiger partial charge is 0.383 e. The van der Waals surface area contributed by atoms with Crippen molar-refractivity contribution in [3.63, 3.8) is 0 Å². The van der Waals surface area contributed by atoms with E-state index in [1.807, 2.05) is 0 Å². The first-order valence-electron chi connectivity index (χ1n) is 6.92. The van der Waals surface area contributed by atoms with E-state index in [2.05, 4.69) is 10.6 Å². The first kappa shape index (κ1) is 19.1. The molecular formula is C13H26ClN3O3. The Labute approximate surface area is 126 Å². The molecular weight excluding hydrogens is 282 g/mol. The van der Waals surface area contributed by atoms with Crippen molar-refractivity contribution in [2.45, 2.75) is 38.1 Å². The van der Waals surface area contributed by atoms with Crippen molar-refractivity contribution in [2.24, 2.45) is 11.7 Å². The van der Waals surface area contributed by atoms with Gasteiger partial charge in [-0.2, -0.15) is 0 Å². The van der Waals surface area contributed by atoms with Crippen LogP contribution in [0.15, 0.2) is 0 Å². The summed E-state index contributed by atoms with van der Waals surface area (Å²) in [6.07, 6.45) is 5.42. The van der Waals surface area contributed by atoms with Gasteiger partial charge in [-0.1, -0.05) is 12.8 Å². The Morgan fingerprint density at radius 2 is 1.85 bits per heavy atom. The van der Waals surface area contributed by atoms with Crippen LogP contribution >= 0.6 is 12.4 Å². The third-order valence-corrected chi connectivity index (χ3v) is 3.38. The highest BCUT2D eigenvalue weighted by Crippen LogP contribution is 2.27. The SMILES string of the molecule is COCC(N)C(=O)NCCNC(=O)CC1CCCC1.Cl. The number of rotatable bonds is 8. The van der Waals surface area contributed by atoms with E-state index in [1.165, 1.54) is 20.0 Å². The molecule has 1 rings (SSSR count). The standard InChI is InChI=1S/C13H25N3O3.ClH/c1-19-9-11(14)13(18)16-7-6-15-12(17)8-10-4-2-3-5-10;/h10-11H,2-9,14H2,1H3,(H,15,17)(H,16,18);1H. The first-order chi connectivity index (χ1) is 9.13. The Hall–Kier alpha value is -0.850. The van der Waals surface area contributed by atoms with Gasteiger partial charge in [-0.3, -0.25) is 9.59 Å². The van der Waals surface area contributed by atoms with Crippen molar-refractivity contribution in [1.82, 2.24) is 10.6 Å². The van der Waals surface area contributed by atoms with Gasteiger partial charge in [0.2, 0.25) is 11.8 Å². The van der Waals surface area contributed by atoms with Gasteiger partial charge in [0, 0.05) is 26.6 Å². The van der Waals surface area contributed by atoms with Crippen molar-refractivity contribution in [3.05, 3.63) is 0 Å². The minimum Gasteiger partial charge on any atom is -0.383 e. The highest BCUT2D eigenvalue weighted by Gasteiger charge is 2.18. The number of carbonyl (C=O) groups excluding carboxylic acids is 2. The zero-order valence-corrected chi connectivity index (χ0v) is 12.8. The van der Waals surface area contributed by atoms with Gasteiger partial charge in [-0.15, -0.1) is 12.4 Å². The van der Waals surface area contributed by atoms with Crippen LogP contribution < -0.4 is 16.4 Å². The third kappa shape index (κ3) is 7.67. The van der Waals surface area contributed by atoms with E-state index in [1.54, 1.807) is 0 Å². The maximum atomic E-state index is 11.6. The van der Waals surface area contributed by atoms with Gasteiger partial charge in [0.25, 0.3) is 0 Å². The van der Waals surface area contributed by atoms with E-state index in [0.29, 0.717) is 25.4 Å². The summed E-state index contributed by atoms with van der Waals surface area (Å²) in [6, 6.07) is -0.654. The summed E-state index contributed by atoms with van der Waals surface area (Å²) in [5.41, 5.74) is 5.55. The summed E-state index contributed by atoms with van der Waals surface area (Å²) in [7, 11) is 1.50. The molecule has 1 aliphatic rings. The lowest BCUT2D eigenvalue weighted by molar-refractivity contribution is -0.124. The van der Waals surface area contributed by atoms with Gasteiger partial charge in [0.15, 0.2) is 0 Å². The fourth-order valence-corrected chi connectivity index (χ4v) is 2.32. The number of hydrogen-bond acceptors (Lipinski definition) is 4. The Morgan fingerprint density at radius 1 is 1.25 bits per heavy atom. The molecule has 2 amide bonds. The predicted octanol–water partition coefficient (Wildman–Crippen LogP) is 0.195. The van der Waals surface area contributed by atoms with E-state index in [4.69, 9.17) is 10.5 Å². The maximum Gasteiger partial charge on any atom is 0.239 e. The lowest BCUT2D eigenvalue weighted by Gasteiger charge is -2.12. The molecule has 0 aliphatic heterocycles. The maximum absolute atomic E-state index is 11.6. The number of amides is 2. The third-order valence-electron chi connectivity index (χ3n) is 3.38. The molecule has 0 aromatic carbocycles. The average Bonchev–Trinajstić information content (AvgIpc) is 2.87. The van der Waals surface area contributed by atoms with Crippen LogP contribution in [0.4, 0.5) is 0 Å². The van der Waals surface area contributed by atoms with Gasteiger partial charge < -0.3 is 21.1 Å². The number of methoxy groups -OCH3 is 1. The van der Waals surface area contributed by atoms with Gasteiger partial charge >= 0.3 is 0 Å². The summed E-state index contributed by atoms with van der Waals surface area (Å²) >= 11 is 0. The minimum absolute atomic E-state index is 0. The van der Waals surface area contributed by atoms with Crippen LogP contribution in [0.5, 0.6) is 0 Å². The zero-order chi connectivity index (χ0) is 14.1.